The standard InChI is InChI=1S/C20H22O3Si/c1-13-17-12-19(23-4)18(22-3)10-15(17)11-20(24(13)5)14-7-6-8-16(9-14)21-2/h6-12H,1-5H3. The van der Waals surface area contributed by atoms with Crippen molar-refractivity contribution in [2.75, 3.05) is 21.3 Å². The predicted octanol–water partition coefficient (Wildman–Crippen LogP) is 4.40. The fourth-order valence-electron chi connectivity index (χ4n) is 3.10. The molecule has 1 heterocycles. The summed E-state index contributed by atoms with van der Waals surface area (Å²) in [6.07, 6.45) is 0. The topological polar surface area (TPSA) is 27.7 Å². The number of fused-ring (bicyclic) bond motifs is 1. The van der Waals surface area contributed by atoms with Crippen molar-refractivity contribution in [2.24, 2.45) is 6.55 Å². The Balaban J connectivity index is 2.28. The van der Waals surface area contributed by atoms with Crippen molar-refractivity contribution in [1.82, 2.24) is 0 Å². The van der Waals surface area contributed by atoms with E-state index in [1.54, 1.807) is 21.3 Å². The summed E-state index contributed by atoms with van der Waals surface area (Å²) in [7, 11) is 4.24. The molecule has 24 heavy (non-hydrogen) atoms. The molecule has 0 radical (unpaired) electrons. The van der Waals surface area contributed by atoms with E-state index in [1.165, 1.54) is 26.7 Å². The van der Waals surface area contributed by atoms with Crippen LogP contribution in [0.25, 0.3) is 21.5 Å². The molecule has 0 spiro atoms. The van der Waals surface area contributed by atoms with E-state index >= 15 is 0 Å². The van der Waals surface area contributed by atoms with Gasteiger partial charge in [-0.05, 0) is 52.7 Å². The molecule has 0 fully saturated rings. The number of methoxy groups -OCH3 is 3. The fourth-order valence-corrected chi connectivity index (χ4v) is 5.08. The van der Waals surface area contributed by atoms with Gasteiger partial charge in [-0.15, -0.1) is 0 Å². The van der Waals surface area contributed by atoms with Gasteiger partial charge in [-0.2, -0.15) is 0 Å². The highest BCUT2D eigenvalue weighted by Crippen LogP contribution is 2.36. The zero-order chi connectivity index (χ0) is 17.3. The van der Waals surface area contributed by atoms with Crippen LogP contribution < -0.4 is 14.2 Å². The molecule has 0 N–H and O–H groups in total. The number of hydrogen-bond donors (Lipinski definition) is 0. The molecule has 124 valence electrons. The summed E-state index contributed by atoms with van der Waals surface area (Å²) in [6, 6.07) is 14.7. The van der Waals surface area contributed by atoms with Gasteiger partial charge in [-0.3, -0.25) is 0 Å². The van der Waals surface area contributed by atoms with Crippen LogP contribution in [0.1, 0.15) is 5.17 Å². The molecule has 4 heteroatoms. The van der Waals surface area contributed by atoms with Crippen LogP contribution >= 0.6 is 0 Å². The van der Waals surface area contributed by atoms with E-state index in [9.17, 15) is 0 Å². The highest BCUT2D eigenvalue weighted by atomic mass is 28.2. The summed E-state index contributed by atoms with van der Waals surface area (Å²) in [6.45, 7) is 4.57. The highest BCUT2D eigenvalue weighted by molar-refractivity contribution is 6.61. The molecule has 3 nitrogen and oxygen atoms in total. The van der Waals surface area contributed by atoms with Crippen LogP contribution in [0.4, 0.5) is 0 Å². The average molecular weight is 338 g/mol. The predicted molar refractivity (Wildman–Crippen MR) is 101 cm³/mol. The number of rotatable bonds is 4. The molecular weight excluding hydrogens is 316 g/mol. The first-order valence-corrected chi connectivity index (χ1v) is 9.89. The van der Waals surface area contributed by atoms with E-state index < -0.39 is 8.40 Å². The summed E-state index contributed by atoms with van der Waals surface area (Å²) in [5.41, 5.74) is 1.23. The zero-order valence-electron chi connectivity index (χ0n) is 14.8. The Hall–Kier alpha value is -2.33. The van der Waals surface area contributed by atoms with Crippen molar-refractivity contribution in [1.29, 1.82) is 0 Å². The van der Waals surface area contributed by atoms with Gasteiger partial charge in [-0.1, -0.05) is 29.9 Å². The molecule has 3 rings (SSSR count). The van der Waals surface area contributed by atoms with Gasteiger partial charge < -0.3 is 14.2 Å². The zero-order valence-corrected chi connectivity index (χ0v) is 15.8. The largest absolute Gasteiger partial charge is 0.497 e. The SMILES string of the molecule is COc1cccc(-c2cc3cc(OC)c(OC)cc3c(C)[si]2C)c1. The van der Waals surface area contributed by atoms with Crippen LogP contribution in [0.2, 0.25) is 0 Å². The first-order valence-electron chi connectivity index (χ1n) is 7.89. The number of ether oxygens (including phenoxy) is 3. The summed E-state index contributed by atoms with van der Waals surface area (Å²) in [5.74, 6) is 2.43. The van der Waals surface area contributed by atoms with Gasteiger partial charge >= 0.3 is 0 Å². The lowest BCUT2D eigenvalue weighted by molar-refractivity contribution is 0.356. The van der Waals surface area contributed by atoms with Crippen LogP contribution in [0.5, 0.6) is 17.2 Å². The smallest absolute Gasteiger partial charge is 0.161 e. The number of hydrogen-bond acceptors (Lipinski definition) is 3. The molecule has 0 aliphatic rings. The monoisotopic (exact) mass is 338 g/mol. The Labute approximate surface area is 144 Å². The number of benzene rings is 2. The second kappa shape index (κ2) is 6.65. The Bertz CT molecular complexity index is 903. The summed E-state index contributed by atoms with van der Waals surface area (Å²) < 4.78 is 16.3. The maximum atomic E-state index is 5.47. The van der Waals surface area contributed by atoms with Gasteiger partial charge in [0.15, 0.2) is 11.5 Å². The van der Waals surface area contributed by atoms with Crippen LogP contribution in [-0.4, -0.2) is 29.7 Å². The van der Waals surface area contributed by atoms with Gasteiger partial charge in [0.05, 0.1) is 21.3 Å². The molecule has 0 saturated carbocycles. The van der Waals surface area contributed by atoms with E-state index in [2.05, 4.69) is 43.8 Å². The Morgan fingerprint density at radius 1 is 0.833 bits per heavy atom. The van der Waals surface area contributed by atoms with Crippen LogP contribution in [-0.2, 0) is 6.55 Å². The number of aryl methyl sites for hydroxylation is 1. The van der Waals surface area contributed by atoms with E-state index in [4.69, 9.17) is 14.2 Å². The Morgan fingerprint density at radius 2 is 1.54 bits per heavy atom. The first kappa shape index (κ1) is 16.5. The molecule has 0 amide bonds. The van der Waals surface area contributed by atoms with E-state index in [0.29, 0.717) is 0 Å². The first-order chi connectivity index (χ1) is 11.6. The van der Waals surface area contributed by atoms with Crippen molar-refractivity contribution in [2.45, 2.75) is 6.92 Å². The minimum absolute atomic E-state index is 0.761. The van der Waals surface area contributed by atoms with Crippen molar-refractivity contribution in [3.8, 4) is 28.0 Å². The van der Waals surface area contributed by atoms with Crippen molar-refractivity contribution >= 4 is 19.2 Å². The second-order valence-corrected chi connectivity index (χ2v) is 8.37. The lowest BCUT2D eigenvalue weighted by Crippen LogP contribution is -2.04. The molecule has 2 aromatic carbocycles. The van der Waals surface area contributed by atoms with Crippen LogP contribution in [0.3, 0.4) is 0 Å². The normalized spacial score (nSPS) is 10.7. The summed E-state index contributed by atoms with van der Waals surface area (Å²) in [4.78, 5) is 0. The van der Waals surface area contributed by atoms with Gasteiger partial charge in [0.1, 0.15) is 5.75 Å². The van der Waals surface area contributed by atoms with E-state index in [0.717, 1.165) is 17.2 Å². The molecule has 0 atom stereocenters. The van der Waals surface area contributed by atoms with E-state index in [1.807, 2.05) is 12.1 Å². The molecular formula is C20H22O3Si. The average Bonchev–Trinajstić information content (AvgIpc) is 2.63. The Kier molecular flexibility index (Phi) is 4.58. The molecule has 0 bridgehead atoms. The lowest BCUT2D eigenvalue weighted by atomic mass is 10.1. The van der Waals surface area contributed by atoms with Crippen molar-refractivity contribution < 1.29 is 14.2 Å². The van der Waals surface area contributed by atoms with Gasteiger partial charge in [0.2, 0.25) is 0 Å². The summed E-state index contributed by atoms with van der Waals surface area (Å²) >= 11 is 0. The third-order valence-electron chi connectivity index (χ3n) is 4.61. The van der Waals surface area contributed by atoms with E-state index in [-0.39, 0.29) is 0 Å². The molecule has 0 aliphatic carbocycles. The minimum atomic E-state index is -0.816. The van der Waals surface area contributed by atoms with Gasteiger partial charge in [0, 0.05) is 8.40 Å². The second-order valence-electron chi connectivity index (χ2n) is 5.83. The lowest BCUT2D eigenvalue weighted by Gasteiger charge is -2.16. The fraction of sp³-hybridized carbons (Fsp3) is 0.250. The van der Waals surface area contributed by atoms with Crippen molar-refractivity contribution in [3.63, 3.8) is 0 Å². The van der Waals surface area contributed by atoms with Gasteiger partial charge in [-0.25, -0.2) is 0 Å². The van der Waals surface area contributed by atoms with Crippen LogP contribution in [0, 0.1) is 6.92 Å². The van der Waals surface area contributed by atoms with Crippen molar-refractivity contribution in [3.05, 3.63) is 47.6 Å². The Morgan fingerprint density at radius 3 is 2.21 bits per heavy atom. The molecule has 3 aromatic rings. The molecule has 0 unspecified atom stereocenters. The van der Waals surface area contributed by atoms with Gasteiger partial charge in [0.25, 0.3) is 0 Å². The maximum absolute atomic E-state index is 5.47. The quantitative estimate of drug-likeness (QED) is 0.660. The van der Waals surface area contributed by atoms with Crippen LogP contribution in [0.15, 0.2) is 42.5 Å². The molecule has 1 aromatic heterocycles. The summed E-state index contributed by atoms with van der Waals surface area (Å²) in [5, 5.41) is 5.25. The molecule has 0 saturated heterocycles. The third kappa shape index (κ3) is 2.78. The minimum Gasteiger partial charge on any atom is -0.497 e. The highest BCUT2D eigenvalue weighted by Gasteiger charge is 2.13. The maximum Gasteiger partial charge on any atom is 0.161 e. The third-order valence-corrected chi connectivity index (χ3v) is 7.24. The molecule has 0 aliphatic heterocycles.